The topological polar surface area (TPSA) is 71.2 Å². The molecule has 26 heavy (non-hydrogen) atoms. The Hall–Kier alpha value is -1.86. The summed E-state index contributed by atoms with van der Waals surface area (Å²) < 4.78 is 1.61. The van der Waals surface area contributed by atoms with Crippen molar-refractivity contribution in [2.24, 2.45) is 5.92 Å². The number of benzene rings is 1. The molecule has 1 aromatic carbocycles. The molecule has 6 nitrogen and oxygen atoms in total. The van der Waals surface area contributed by atoms with Crippen LogP contribution >= 0.6 is 11.8 Å². The second-order valence-corrected chi connectivity index (χ2v) is 8.55. The summed E-state index contributed by atoms with van der Waals surface area (Å²) in [7, 11) is 2.16. The molecule has 0 aliphatic carbocycles. The average molecular weight is 372 g/mol. The zero-order chi connectivity index (χ0) is 18.1. The lowest BCUT2D eigenvalue weighted by atomic mass is 9.94. The minimum atomic E-state index is -0.873. The first kappa shape index (κ1) is 17.5. The molecule has 0 unspecified atom stereocenters. The third kappa shape index (κ3) is 3.78. The number of carboxylic acid groups (broad SMARTS) is 1. The maximum atomic E-state index is 11.3. The number of hydrogen-bond acceptors (Lipinski definition) is 5. The Bertz CT molecular complexity index is 774. The molecule has 0 radical (unpaired) electrons. The monoisotopic (exact) mass is 372 g/mol. The first-order valence-electron chi connectivity index (χ1n) is 9.17. The number of hydrogen-bond donors (Lipinski definition) is 1. The van der Waals surface area contributed by atoms with Crippen molar-refractivity contribution in [1.82, 2.24) is 19.7 Å². The van der Waals surface area contributed by atoms with Gasteiger partial charge in [-0.15, -0.1) is 11.8 Å². The van der Waals surface area contributed by atoms with Crippen LogP contribution in [0.5, 0.6) is 0 Å². The predicted octanol–water partition coefficient (Wildman–Crippen LogP) is 2.64. The van der Waals surface area contributed by atoms with Crippen LogP contribution in [0.4, 0.5) is 0 Å². The highest BCUT2D eigenvalue weighted by Gasteiger charge is 2.29. The van der Waals surface area contributed by atoms with Gasteiger partial charge in [0, 0.05) is 11.3 Å². The van der Waals surface area contributed by atoms with Crippen molar-refractivity contribution in [3.05, 3.63) is 41.5 Å². The van der Waals surface area contributed by atoms with Crippen molar-refractivity contribution in [2.45, 2.75) is 42.4 Å². The van der Waals surface area contributed by atoms with E-state index < -0.39 is 5.97 Å². The molecule has 1 fully saturated rings. The van der Waals surface area contributed by atoms with E-state index in [1.54, 1.807) is 16.4 Å². The van der Waals surface area contributed by atoms with Gasteiger partial charge in [-0.25, -0.2) is 9.67 Å². The number of rotatable bonds is 5. The first-order chi connectivity index (χ1) is 12.6. The number of thioether (sulfide) groups is 1. The maximum absolute atomic E-state index is 11.3. The van der Waals surface area contributed by atoms with Gasteiger partial charge in [-0.1, -0.05) is 18.2 Å². The fourth-order valence-corrected chi connectivity index (χ4v) is 5.13. The average Bonchev–Trinajstić information content (AvgIpc) is 3.20. The summed E-state index contributed by atoms with van der Waals surface area (Å²) in [6.45, 7) is 2.10. The van der Waals surface area contributed by atoms with Crippen LogP contribution in [-0.2, 0) is 24.2 Å². The molecule has 2 aromatic rings. The Morgan fingerprint density at radius 2 is 2.08 bits per heavy atom. The predicted molar refractivity (Wildman–Crippen MR) is 100 cm³/mol. The molecular weight excluding hydrogens is 348 g/mol. The van der Waals surface area contributed by atoms with E-state index >= 15 is 0 Å². The fraction of sp³-hybridized carbons (Fsp3) is 0.526. The number of fused-ring (bicyclic) bond motifs is 1. The number of aliphatic carboxylic acids is 1. The quantitative estimate of drug-likeness (QED) is 0.870. The van der Waals surface area contributed by atoms with Crippen LogP contribution < -0.4 is 0 Å². The van der Waals surface area contributed by atoms with Gasteiger partial charge < -0.3 is 10.0 Å². The molecule has 0 amide bonds. The number of carboxylic acids is 1. The van der Waals surface area contributed by atoms with Crippen molar-refractivity contribution < 1.29 is 9.90 Å². The third-order valence-corrected chi connectivity index (χ3v) is 6.59. The molecule has 0 spiro atoms. The van der Waals surface area contributed by atoms with Gasteiger partial charge in [0.2, 0.25) is 0 Å². The minimum Gasteiger partial charge on any atom is -0.480 e. The van der Waals surface area contributed by atoms with E-state index in [1.165, 1.54) is 10.5 Å². The highest BCUT2D eigenvalue weighted by Crippen LogP contribution is 2.45. The van der Waals surface area contributed by atoms with Crippen LogP contribution in [0.1, 0.15) is 35.3 Å². The summed E-state index contributed by atoms with van der Waals surface area (Å²) in [6.07, 6.45) is 4.04. The van der Waals surface area contributed by atoms with Crippen molar-refractivity contribution >= 4 is 17.7 Å². The molecule has 138 valence electrons. The number of nitrogens with zero attached hydrogens (tertiary/aromatic N) is 4. The van der Waals surface area contributed by atoms with E-state index in [-0.39, 0.29) is 11.8 Å². The zero-order valence-corrected chi connectivity index (χ0v) is 15.8. The molecule has 4 rings (SSSR count). The molecule has 1 atom stereocenters. The van der Waals surface area contributed by atoms with Crippen molar-refractivity contribution in [2.75, 3.05) is 20.1 Å². The summed E-state index contributed by atoms with van der Waals surface area (Å²) in [5.41, 5.74) is 1.31. The Kier molecular flexibility index (Phi) is 5.00. The van der Waals surface area contributed by atoms with E-state index in [2.05, 4.69) is 35.2 Å². The molecule has 0 saturated carbocycles. The van der Waals surface area contributed by atoms with E-state index in [0.29, 0.717) is 5.92 Å². The summed E-state index contributed by atoms with van der Waals surface area (Å²) in [5, 5.41) is 14.0. The van der Waals surface area contributed by atoms with Gasteiger partial charge in [0.05, 0.1) is 5.25 Å². The lowest BCUT2D eigenvalue weighted by Gasteiger charge is -2.28. The minimum absolute atomic E-state index is 0.122. The Balaban J connectivity index is 1.54. The van der Waals surface area contributed by atoms with E-state index in [9.17, 15) is 9.90 Å². The maximum Gasteiger partial charge on any atom is 0.325 e. The molecule has 3 heterocycles. The number of piperidine rings is 1. The second-order valence-electron chi connectivity index (χ2n) is 7.31. The highest BCUT2D eigenvalue weighted by atomic mass is 32.2. The molecule has 0 bridgehead atoms. The number of likely N-dealkylation sites (tertiary alicyclic amines) is 1. The Morgan fingerprint density at radius 1 is 1.31 bits per heavy atom. The van der Waals surface area contributed by atoms with Crippen molar-refractivity contribution in [3.63, 3.8) is 0 Å². The van der Waals surface area contributed by atoms with Gasteiger partial charge in [0.25, 0.3) is 0 Å². The van der Waals surface area contributed by atoms with Gasteiger partial charge in [0.15, 0.2) is 5.82 Å². The van der Waals surface area contributed by atoms with Crippen LogP contribution in [-0.4, -0.2) is 50.9 Å². The molecule has 1 aromatic heterocycles. The van der Waals surface area contributed by atoms with Gasteiger partial charge in [-0.2, -0.15) is 5.10 Å². The zero-order valence-electron chi connectivity index (χ0n) is 15.0. The second kappa shape index (κ2) is 7.40. The Morgan fingerprint density at radius 3 is 2.81 bits per heavy atom. The summed E-state index contributed by atoms with van der Waals surface area (Å²) in [5.74, 6) is 1.32. The van der Waals surface area contributed by atoms with Crippen LogP contribution in [0.3, 0.4) is 0 Å². The van der Waals surface area contributed by atoms with Gasteiger partial charge in [-0.05, 0) is 56.9 Å². The normalized spacial score (nSPS) is 21.0. The van der Waals surface area contributed by atoms with Crippen molar-refractivity contribution in [1.29, 1.82) is 0 Å². The molecule has 2 aliphatic rings. The number of aromatic nitrogens is 3. The van der Waals surface area contributed by atoms with Gasteiger partial charge in [-0.3, -0.25) is 4.79 Å². The molecule has 1 N–H and O–H groups in total. The summed E-state index contributed by atoms with van der Waals surface area (Å²) >= 11 is 1.77. The standard InChI is InChI=1S/C19H24N4O2S/c1-22-8-6-13(7-9-22)10-17-20-19(23(21-17)12-18(24)25)16-11-14-4-2-3-5-15(14)26-16/h2-5,13,16H,6-12H2,1H3,(H,24,25)/t16-/m1/s1. The molecule has 7 heteroatoms. The summed E-state index contributed by atoms with van der Waals surface area (Å²) in [6, 6.07) is 8.36. The van der Waals surface area contributed by atoms with Crippen LogP contribution in [0, 0.1) is 5.92 Å². The van der Waals surface area contributed by atoms with Crippen LogP contribution in [0.15, 0.2) is 29.2 Å². The van der Waals surface area contributed by atoms with E-state index in [0.717, 1.165) is 50.4 Å². The number of carbonyl (C=O) groups is 1. The fourth-order valence-electron chi connectivity index (χ4n) is 3.82. The largest absolute Gasteiger partial charge is 0.480 e. The van der Waals surface area contributed by atoms with Gasteiger partial charge in [0.1, 0.15) is 12.4 Å². The Labute approximate surface area is 157 Å². The molecule has 2 aliphatic heterocycles. The molecular formula is C19H24N4O2S. The lowest BCUT2D eigenvalue weighted by Crippen LogP contribution is -2.31. The van der Waals surface area contributed by atoms with Crippen LogP contribution in [0.25, 0.3) is 0 Å². The lowest BCUT2D eigenvalue weighted by molar-refractivity contribution is -0.137. The first-order valence-corrected chi connectivity index (χ1v) is 10.0. The van der Waals surface area contributed by atoms with E-state index in [4.69, 9.17) is 4.98 Å². The van der Waals surface area contributed by atoms with Crippen LogP contribution in [0.2, 0.25) is 0 Å². The smallest absolute Gasteiger partial charge is 0.325 e. The summed E-state index contributed by atoms with van der Waals surface area (Å²) in [4.78, 5) is 19.7. The van der Waals surface area contributed by atoms with E-state index in [1.807, 2.05) is 6.07 Å². The SMILES string of the molecule is CN1CCC(Cc2nc([C@H]3Cc4ccccc4S3)n(CC(=O)O)n2)CC1. The van der Waals surface area contributed by atoms with Crippen molar-refractivity contribution in [3.8, 4) is 0 Å². The molecule has 1 saturated heterocycles. The highest BCUT2D eigenvalue weighted by molar-refractivity contribution is 7.99. The third-order valence-electron chi connectivity index (χ3n) is 5.27. The van der Waals surface area contributed by atoms with Gasteiger partial charge >= 0.3 is 5.97 Å².